The summed E-state index contributed by atoms with van der Waals surface area (Å²) in [6, 6.07) is 3.48. The van der Waals surface area contributed by atoms with Crippen LogP contribution >= 0.6 is 0 Å². The highest BCUT2D eigenvalue weighted by Crippen LogP contribution is 2.12. The van der Waals surface area contributed by atoms with E-state index < -0.39 is 0 Å². The minimum atomic E-state index is -0.107. The van der Waals surface area contributed by atoms with Gasteiger partial charge in [0.15, 0.2) is 0 Å². The van der Waals surface area contributed by atoms with Crippen molar-refractivity contribution in [3.63, 3.8) is 0 Å². The fourth-order valence-electron chi connectivity index (χ4n) is 0.969. The van der Waals surface area contributed by atoms with Crippen LogP contribution in [0.25, 0.3) is 0 Å². The fraction of sp³-hybridized carbons (Fsp3) is 0.400. The van der Waals surface area contributed by atoms with E-state index in [2.05, 4.69) is 10.3 Å². The van der Waals surface area contributed by atoms with Gasteiger partial charge in [-0.05, 0) is 19.9 Å². The number of amides is 1. The monoisotopic (exact) mass is 194 g/mol. The summed E-state index contributed by atoms with van der Waals surface area (Å²) in [5.41, 5.74) is 0.675. The predicted molar refractivity (Wildman–Crippen MR) is 54.3 cm³/mol. The summed E-state index contributed by atoms with van der Waals surface area (Å²) in [5.74, 6) is 0.457. The van der Waals surface area contributed by atoms with Gasteiger partial charge in [-0.2, -0.15) is 0 Å². The molecule has 0 aromatic carbocycles. The van der Waals surface area contributed by atoms with E-state index in [-0.39, 0.29) is 12.0 Å². The van der Waals surface area contributed by atoms with Gasteiger partial charge in [-0.15, -0.1) is 0 Å². The molecule has 4 heteroatoms. The number of aromatic nitrogens is 1. The minimum absolute atomic E-state index is 0.106. The first-order valence-corrected chi connectivity index (χ1v) is 4.48. The number of nitrogens with zero attached hydrogens (tertiary/aromatic N) is 1. The molecule has 0 unspecified atom stereocenters. The second-order valence-electron chi connectivity index (χ2n) is 3.23. The zero-order valence-corrected chi connectivity index (χ0v) is 8.57. The summed E-state index contributed by atoms with van der Waals surface area (Å²) >= 11 is 0. The zero-order chi connectivity index (χ0) is 10.6. The molecule has 1 aromatic heterocycles. The Bertz CT molecular complexity index is 306. The molecule has 0 radical (unpaired) electrons. The molecular weight excluding hydrogens is 180 g/mol. The second kappa shape index (κ2) is 4.60. The molecule has 0 aliphatic carbocycles. The van der Waals surface area contributed by atoms with E-state index in [0.29, 0.717) is 11.6 Å². The number of anilines is 1. The molecular formula is C10H14N2O2. The van der Waals surface area contributed by atoms with Crippen LogP contribution in [0, 0.1) is 0 Å². The minimum Gasteiger partial charge on any atom is -0.475 e. The van der Waals surface area contributed by atoms with Gasteiger partial charge in [0, 0.05) is 13.0 Å². The molecule has 0 atom stereocenters. The van der Waals surface area contributed by atoms with Gasteiger partial charge < -0.3 is 10.1 Å². The van der Waals surface area contributed by atoms with Gasteiger partial charge >= 0.3 is 0 Å². The molecule has 1 heterocycles. The predicted octanol–water partition coefficient (Wildman–Crippen LogP) is 1.83. The third-order valence-electron chi connectivity index (χ3n) is 1.41. The van der Waals surface area contributed by atoms with Crippen molar-refractivity contribution in [1.82, 2.24) is 4.98 Å². The van der Waals surface area contributed by atoms with E-state index in [9.17, 15) is 4.79 Å². The topological polar surface area (TPSA) is 51.2 Å². The first kappa shape index (κ1) is 10.5. The van der Waals surface area contributed by atoms with Crippen molar-refractivity contribution in [2.24, 2.45) is 0 Å². The van der Waals surface area contributed by atoms with E-state index in [4.69, 9.17) is 4.74 Å². The van der Waals surface area contributed by atoms with Crippen LogP contribution in [-0.4, -0.2) is 17.0 Å². The quantitative estimate of drug-likeness (QED) is 0.798. The van der Waals surface area contributed by atoms with E-state index in [1.54, 1.807) is 18.3 Å². The Morgan fingerprint density at radius 2 is 2.21 bits per heavy atom. The molecule has 0 spiro atoms. The lowest BCUT2D eigenvalue weighted by atomic mass is 10.4. The van der Waals surface area contributed by atoms with Gasteiger partial charge in [0.1, 0.15) is 0 Å². The highest BCUT2D eigenvalue weighted by molar-refractivity contribution is 5.88. The van der Waals surface area contributed by atoms with Crippen molar-refractivity contribution in [2.75, 3.05) is 5.32 Å². The molecule has 0 fully saturated rings. The number of nitrogens with one attached hydrogen (secondary N) is 1. The second-order valence-corrected chi connectivity index (χ2v) is 3.23. The highest BCUT2D eigenvalue weighted by Gasteiger charge is 1.99. The molecule has 0 saturated carbocycles. The van der Waals surface area contributed by atoms with Gasteiger partial charge in [0.25, 0.3) is 0 Å². The molecule has 76 valence electrons. The molecule has 0 saturated heterocycles. The normalized spacial score (nSPS) is 10.0. The SMILES string of the molecule is CC(=O)Nc1ccc(OC(C)C)nc1. The Morgan fingerprint density at radius 1 is 1.50 bits per heavy atom. The molecule has 1 N–H and O–H groups in total. The van der Waals surface area contributed by atoms with Crippen molar-refractivity contribution < 1.29 is 9.53 Å². The lowest BCUT2D eigenvalue weighted by Crippen LogP contribution is -2.08. The Kier molecular flexibility index (Phi) is 3.45. The smallest absolute Gasteiger partial charge is 0.221 e. The first-order chi connectivity index (χ1) is 6.58. The number of rotatable bonds is 3. The average molecular weight is 194 g/mol. The molecule has 4 nitrogen and oxygen atoms in total. The van der Waals surface area contributed by atoms with Gasteiger partial charge in [-0.3, -0.25) is 4.79 Å². The van der Waals surface area contributed by atoms with Crippen LogP contribution in [-0.2, 0) is 4.79 Å². The molecule has 0 aliphatic rings. The average Bonchev–Trinajstić information content (AvgIpc) is 2.06. The zero-order valence-electron chi connectivity index (χ0n) is 8.57. The highest BCUT2D eigenvalue weighted by atomic mass is 16.5. The number of ether oxygens (including phenoxy) is 1. The molecule has 1 amide bonds. The van der Waals surface area contributed by atoms with Crippen LogP contribution in [0.4, 0.5) is 5.69 Å². The van der Waals surface area contributed by atoms with Crippen LogP contribution < -0.4 is 10.1 Å². The summed E-state index contributed by atoms with van der Waals surface area (Å²) in [7, 11) is 0. The van der Waals surface area contributed by atoms with Crippen LogP contribution in [0.2, 0.25) is 0 Å². The van der Waals surface area contributed by atoms with E-state index in [1.165, 1.54) is 6.92 Å². The number of pyridine rings is 1. The Balaban J connectivity index is 2.63. The fourth-order valence-corrected chi connectivity index (χ4v) is 0.969. The maximum Gasteiger partial charge on any atom is 0.221 e. The Morgan fingerprint density at radius 3 is 2.64 bits per heavy atom. The summed E-state index contributed by atoms with van der Waals surface area (Å²) in [5, 5.41) is 2.63. The summed E-state index contributed by atoms with van der Waals surface area (Å²) < 4.78 is 5.35. The van der Waals surface area contributed by atoms with Gasteiger partial charge in [-0.1, -0.05) is 0 Å². The third-order valence-corrected chi connectivity index (χ3v) is 1.41. The summed E-state index contributed by atoms with van der Waals surface area (Å²) in [6.45, 7) is 5.32. The van der Waals surface area contributed by atoms with E-state index >= 15 is 0 Å². The van der Waals surface area contributed by atoms with Crippen LogP contribution in [0.3, 0.4) is 0 Å². The molecule has 0 aliphatic heterocycles. The van der Waals surface area contributed by atoms with Crippen molar-refractivity contribution >= 4 is 11.6 Å². The van der Waals surface area contributed by atoms with Crippen molar-refractivity contribution in [3.05, 3.63) is 18.3 Å². The summed E-state index contributed by atoms with van der Waals surface area (Å²) in [4.78, 5) is 14.7. The number of hydrogen-bond acceptors (Lipinski definition) is 3. The summed E-state index contributed by atoms with van der Waals surface area (Å²) in [6.07, 6.45) is 1.67. The number of hydrogen-bond donors (Lipinski definition) is 1. The van der Waals surface area contributed by atoms with Crippen LogP contribution in [0.1, 0.15) is 20.8 Å². The Hall–Kier alpha value is -1.58. The molecule has 0 bridgehead atoms. The Labute approximate surface area is 83.3 Å². The van der Waals surface area contributed by atoms with E-state index in [1.807, 2.05) is 13.8 Å². The van der Waals surface area contributed by atoms with Gasteiger partial charge in [0.2, 0.25) is 11.8 Å². The number of carbonyl (C=O) groups excluding carboxylic acids is 1. The lowest BCUT2D eigenvalue weighted by Gasteiger charge is -2.08. The largest absolute Gasteiger partial charge is 0.475 e. The maximum atomic E-state index is 10.7. The lowest BCUT2D eigenvalue weighted by molar-refractivity contribution is -0.114. The van der Waals surface area contributed by atoms with Crippen molar-refractivity contribution in [2.45, 2.75) is 26.9 Å². The van der Waals surface area contributed by atoms with Crippen LogP contribution in [0.15, 0.2) is 18.3 Å². The van der Waals surface area contributed by atoms with E-state index in [0.717, 1.165) is 0 Å². The first-order valence-electron chi connectivity index (χ1n) is 4.48. The maximum absolute atomic E-state index is 10.7. The van der Waals surface area contributed by atoms with Crippen molar-refractivity contribution in [1.29, 1.82) is 0 Å². The van der Waals surface area contributed by atoms with Crippen molar-refractivity contribution in [3.8, 4) is 5.88 Å². The van der Waals surface area contributed by atoms with Crippen LogP contribution in [0.5, 0.6) is 5.88 Å². The third kappa shape index (κ3) is 3.43. The number of carbonyl (C=O) groups is 1. The van der Waals surface area contributed by atoms with Gasteiger partial charge in [-0.25, -0.2) is 4.98 Å². The van der Waals surface area contributed by atoms with Gasteiger partial charge in [0.05, 0.1) is 18.0 Å². The molecule has 14 heavy (non-hydrogen) atoms. The molecule has 1 rings (SSSR count). The molecule has 1 aromatic rings. The standard InChI is InChI=1S/C10H14N2O2/c1-7(2)14-10-5-4-9(6-11-10)12-8(3)13/h4-7H,1-3H3,(H,12,13).